The maximum Gasteiger partial charge on any atom is 0.256 e. The number of carbonyl (C=O) groups excluding carboxylic acids is 1. The molecule has 8 nitrogen and oxygen atoms in total. The Hall–Kier alpha value is -3.66. The molecule has 2 aromatic heterocycles. The summed E-state index contributed by atoms with van der Waals surface area (Å²) in [6.45, 7) is 0. The summed E-state index contributed by atoms with van der Waals surface area (Å²) in [5.41, 5.74) is 7.59. The average Bonchev–Trinajstić information content (AvgIpc) is 3.18. The molecule has 0 radical (unpaired) electrons. The van der Waals surface area contributed by atoms with E-state index in [2.05, 4.69) is 41.5 Å². The molecule has 0 aliphatic rings. The molecule has 0 atom stereocenters. The molecule has 4 aromatic rings. The molecule has 0 saturated heterocycles. The number of carbonyl (C=O) groups is 1. The fraction of sp³-hybridized carbons (Fsp3) is 0. The van der Waals surface area contributed by atoms with Crippen molar-refractivity contribution >= 4 is 50.1 Å². The fourth-order valence-electron chi connectivity index (χ4n) is 2.58. The lowest BCUT2D eigenvalue weighted by Gasteiger charge is -2.05. The zero-order valence-corrected chi connectivity index (χ0v) is 16.2. The third-order valence-corrected chi connectivity index (χ3v) is 4.59. The molecule has 0 aliphatic carbocycles. The molecule has 29 heavy (non-hydrogen) atoms. The second kappa shape index (κ2) is 7.76. The maximum atomic E-state index is 13.4. The first kappa shape index (κ1) is 18.7. The lowest BCUT2D eigenvalue weighted by Crippen LogP contribution is -2.19. The highest BCUT2D eigenvalue weighted by atomic mass is 79.9. The van der Waals surface area contributed by atoms with Crippen LogP contribution in [-0.4, -0.2) is 27.0 Å². The molecule has 0 unspecified atom stereocenters. The van der Waals surface area contributed by atoms with Crippen LogP contribution in [-0.2, 0) is 0 Å². The van der Waals surface area contributed by atoms with Crippen LogP contribution in [0.25, 0.3) is 10.9 Å². The van der Waals surface area contributed by atoms with Crippen molar-refractivity contribution < 1.29 is 13.8 Å². The highest BCUT2D eigenvalue weighted by Crippen LogP contribution is 2.23. The number of hydrogen-bond acceptors (Lipinski definition) is 6. The predicted molar refractivity (Wildman–Crippen MR) is 108 cm³/mol. The molecule has 1 amide bonds. The summed E-state index contributed by atoms with van der Waals surface area (Å²) < 4.78 is 18.3. The molecule has 0 fully saturated rings. The van der Waals surface area contributed by atoms with Gasteiger partial charge in [0.2, 0.25) is 5.82 Å². The van der Waals surface area contributed by atoms with Gasteiger partial charge in [-0.3, -0.25) is 9.78 Å². The molecule has 2 aromatic carbocycles. The summed E-state index contributed by atoms with van der Waals surface area (Å²) >= 11 is 3.08. The van der Waals surface area contributed by atoms with Crippen molar-refractivity contribution in [3.63, 3.8) is 0 Å². The number of pyridine rings is 1. The molecular formula is C19H12BrFN6O2. The van der Waals surface area contributed by atoms with Crippen molar-refractivity contribution in [1.29, 1.82) is 0 Å². The Bertz CT molecular complexity index is 1260. The van der Waals surface area contributed by atoms with E-state index in [4.69, 9.17) is 10.4 Å². The second-order valence-corrected chi connectivity index (χ2v) is 6.78. The van der Waals surface area contributed by atoms with Gasteiger partial charge in [0, 0.05) is 17.1 Å². The van der Waals surface area contributed by atoms with Gasteiger partial charge in [-0.25, -0.2) is 14.0 Å². The minimum atomic E-state index is -0.427. The van der Waals surface area contributed by atoms with Crippen LogP contribution in [0, 0.1) is 5.82 Å². The fourth-order valence-corrected chi connectivity index (χ4v) is 2.95. The van der Waals surface area contributed by atoms with Crippen LogP contribution in [0.2, 0.25) is 0 Å². The Morgan fingerprint density at radius 1 is 1.17 bits per heavy atom. The van der Waals surface area contributed by atoms with E-state index in [0.717, 1.165) is 10.9 Å². The minimum absolute atomic E-state index is 0.0173. The van der Waals surface area contributed by atoms with Gasteiger partial charge in [0.15, 0.2) is 11.5 Å². The first-order valence-corrected chi connectivity index (χ1v) is 9.09. The van der Waals surface area contributed by atoms with E-state index in [1.54, 1.807) is 30.5 Å². The van der Waals surface area contributed by atoms with Gasteiger partial charge in [0.1, 0.15) is 5.82 Å². The Labute approximate surface area is 171 Å². The average molecular weight is 455 g/mol. The maximum absolute atomic E-state index is 13.4. The molecule has 4 rings (SSSR count). The van der Waals surface area contributed by atoms with Crippen molar-refractivity contribution in [1.82, 2.24) is 15.3 Å². The summed E-state index contributed by atoms with van der Waals surface area (Å²) in [5, 5.41) is 10.8. The number of nitrogens with one attached hydrogen (secondary N) is 1. The van der Waals surface area contributed by atoms with Crippen LogP contribution >= 0.6 is 15.9 Å². The first-order chi connectivity index (χ1) is 14.0. The largest absolute Gasteiger partial charge is 0.382 e. The molecule has 0 aliphatic heterocycles. The van der Waals surface area contributed by atoms with Crippen LogP contribution in [0.15, 0.2) is 68.8 Å². The van der Waals surface area contributed by atoms with Gasteiger partial charge in [-0.05, 0) is 68.7 Å². The summed E-state index contributed by atoms with van der Waals surface area (Å²) in [7, 11) is 0. The monoisotopic (exact) mass is 454 g/mol. The first-order valence-electron chi connectivity index (χ1n) is 8.29. The number of fused-ring (bicyclic) bond motifs is 1. The van der Waals surface area contributed by atoms with Crippen LogP contribution in [0.5, 0.6) is 0 Å². The molecule has 144 valence electrons. The van der Waals surface area contributed by atoms with E-state index in [1.165, 1.54) is 18.2 Å². The highest BCUT2D eigenvalue weighted by Gasteiger charge is 2.18. The molecule has 0 bridgehead atoms. The third-order valence-electron chi connectivity index (χ3n) is 3.98. The second-order valence-electron chi connectivity index (χ2n) is 5.92. The third kappa shape index (κ3) is 3.97. The molecule has 0 saturated carbocycles. The normalized spacial score (nSPS) is 11.6. The van der Waals surface area contributed by atoms with Crippen molar-refractivity contribution in [2.75, 3.05) is 5.32 Å². The van der Waals surface area contributed by atoms with Gasteiger partial charge in [-0.2, -0.15) is 0 Å². The zero-order valence-electron chi connectivity index (χ0n) is 14.6. The number of amidine groups is 1. The predicted octanol–water partition coefficient (Wildman–Crippen LogP) is 3.81. The van der Waals surface area contributed by atoms with Crippen molar-refractivity contribution in [2.45, 2.75) is 0 Å². The van der Waals surface area contributed by atoms with E-state index in [1.807, 2.05) is 6.07 Å². The van der Waals surface area contributed by atoms with E-state index >= 15 is 0 Å². The molecule has 2 heterocycles. The minimum Gasteiger partial charge on any atom is -0.382 e. The topological polar surface area (TPSA) is 119 Å². The van der Waals surface area contributed by atoms with E-state index in [-0.39, 0.29) is 21.8 Å². The number of aromatic nitrogens is 3. The number of benzene rings is 2. The van der Waals surface area contributed by atoms with Crippen LogP contribution in [0.3, 0.4) is 0 Å². The standard InChI is InChI=1S/C19H12BrFN6O2/c20-13-9-12(4-5-14(13)21)24-17(22)16-18(27-29-26-16)25-19(28)11-3-6-15-10(8-11)2-1-7-23-15/h1-9H,(H2,22,24)(H,25,27,28). The summed E-state index contributed by atoms with van der Waals surface area (Å²) in [6, 6.07) is 12.9. The highest BCUT2D eigenvalue weighted by molar-refractivity contribution is 9.10. The molecule has 3 N–H and O–H groups in total. The van der Waals surface area contributed by atoms with Crippen LogP contribution in [0.1, 0.15) is 16.1 Å². The summed E-state index contributed by atoms with van der Waals surface area (Å²) in [4.78, 5) is 21.0. The number of nitrogens with zero attached hydrogens (tertiary/aromatic N) is 4. The Balaban J connectivity index is 1.58. The number of hydrogen-bond donors (Lipinski definition) is 2. The number of rotatable bonds is 4. The van der Waals surface area contributed by atoms with Gasteiger partial charge in [-0.15, -0.1) is 0 Å². The molecule has 0 spiro atoms. The van der Waals surface area contributed by atoms with Crippen molar-refractivity contribution in [3.8, 4) is 0 Å². The number of nitrogens with two attached hydrogens (primary N) is 1. The smallest absolute Gasteiger partial charge is 0.256 e. The van der Waals surface area contributed by atoms with Gasteiger partial charge >= 0.3 is 0 Å². The Morgan fingerprint density at radius 3 is 2.86 bits per heavy atom. The van der Waals surface area contributed by atoms with Crippen molar-refractivity contribution in [3.05, 3.63) is 76.3 Å². The lowest BCUT2D eigenvalue weighted by molar-refractivity contribution is 0.102. The van der Waals surface area contributed by atoms with E-state index < -0.39 is 11.7 Å². The van der Waals surface area contributed by atoms with Gasteiger partial charge in [-0.1, -0.05) is 6.07 Å². The van der Waals surface area contributed by atoms with Crippen LogP contribution < -0.4 is 11.1 Å². The zero-order chi connectivity index (χ0) is 20.4. The van der Waals surface area contributed by atoms with Gasteiger partial charge in [0.05, 0.1) is 15.7 Å². The van der Waals surface area contributed by atoms with Gasteiger partial charge < -0.3 is 11.1 Å². The SMILES string of the molecule is NC(=Nc1ccc(F)c(Br)c1)c1nonc1NC(=O)c1ccc2ncccc2c1. The number of aliphatic imine (C=N–C) groups is 1. The lowest BCUT2D eigenvalue weighted by atomic mass is 10.1. The van der Waals surface area contributed by atoms with E-state index in [0.29, 0.717) is 11.3 Å². The van der Waals surface area contributed by atoms with Gasteiger partial charge in [0.25, 0.3) is 5.91 Å². The summed E-state index contributed by atoms with van der Waals surface area (Å²) in [5.74, 6) is -0.888. The van der Waals surface area contributed by atoms with Crippen LogP contribution in [0.4, 0.5) is 15.9 Å². The quantitative estimate of drug-likeness (QED) is 0.357. The Morgan fingerprint density at radius 2 is 2.03 bits per heavy atom. The summed E-state index contributed by atoms with van der Waals surface area (Å²) in [6.07, 6.45) is 1.68. The molecule has 10 heteroatoms. The molecular weight excluding hydrogens is 443 g/mol. The van der Waals surface area contributed by atoms with E-state index in [9.17, 15) is 9.18 Å². The number of anilines is 1. The Kier molecular flexibility index (Phi) is 5.00. The van der Waals surface area contributed by atoms with Crippen molar-refractivity contribution in [2.24, 2.45) is 10.7 Å². The number of halogens is 2. The number of amides is 1.